The van der Waals surface area contributed by atoms with Crippen molar-refractivity contribution in [3.63, 3.8) is 0 Å². The maximum Gasteiger partial charge on any atom is 0.344 e. The van der Waals surface area contributed by atoms with Crippen LogP contribution < -0.4 is 0 Å². The molecular formula is C28H22N4O2. The standard InChI is InChI=1S/C28H22N4O2/c33-28(24-19-11-4-12-20-24)34-27(23-17-9-3-10-18-23)30-32-26(22-15-7-2-8-16-22)25(29-31-32)21-13-5-1-6-14-21/h1-20,25-26H/b30-27-. The summed E-state index contributed by atoms with van der Waals surface area (Å²) < 4.78 is 5.78. The largest absolute Gasteiger partial charge is 0.402 e. The number of hydrogen-bond acceptors (Lipinski definition) is 6. The number of carbonyl (C=O) groups is 1. The van der Waals surface area contributed by atoms with E-state index >= 15 is 0 Å². The van der Waals surface area contributed by atoms with Crippen LogP contribution in [0.1, 0.15) is 39.1 Å². The number of esters is 1. The van der Waals surface area contributed by atoms with Gasteiger partial charge in [0.25, 0.3) is 0 Å². The second-order valence-electron chi connectivity index (χ2n) is 7.76. The first-order valence-electron chi connectivity index (χ1n) is 11.0. The molecular weight excluding hydrogens is 424 g/mol. The van der Waals surface area contributed by atoms with Gasteiger partial charge in [0.1, 0.15) is 12.1 Å². The van der Waals surface area contributed by atoms with Crippen LogP contribution >= 0.6 is 0 Å². The molecule has 0 saturated carbocycles. The minimum atomic E-state index is -0.491. The molecule has 1 aliphatic rings. The average molecular weight is 447 g/mol. The van der Waals surface area contributed by atoms with Crippen LogP contribution in [-0.4, -0.2) is 17.0 Å². The first kappa shape index (κ1) is 21.3. The molecule has 0 aliphatic carbocycles. The van der Waals surface area contributed by atoms with Gasteiger partial charge in [-0.2, -0.15) is 10.2 Å². The minimum Gasteiger partial charge on any atom is -0.402 e. The fourth-order valence-electron chi connectivity index (χ4n) is 3.83. The van der Waals surface area contributed by atoms with Crippen LogP contribution in [0.2, 0.25) is 0 Å². The molecule has 0 N–H and O–H groups in total. The van der Waals surface area contributed by atoms with Gasteiger partial charge in [-0.1, -0.05) is 102 Å². The fourth-order valence-corrected chi connectivity index (χ4v) is 3.83. The van der Waals surface area contributed by atoms with Gasteiger partial charge >= 0.3 is 5.97 Å². The lowest BCUT2D eigenvalue weighted by Gasteiger charge is -2.23. The molecule has 166 valence electrons. The highest BCUT2D eigenvalue weighted by atomic mass is 16.5. The molecule has 0 fully saturated rings. The Morgan fingerprint density at radius 2 is 1.18 bits per heavy atom. The average Bonchev–Trinajstić information content (AvgIpc) is 3.34. The van der Waals surface area contributed by atoms with E-state index in [1.165, 1.54) is 5.12 Å². The van der Waals surface area contributed by atoms with Gasteiger partial charge in [0.05, 0.1) is 5.56 Å². The predicted molar refractivity (Wildman–Crippen MR) is 130 cm³/mol. The molecule has 4 aromatic carbocycles. The predicted octanol–water partition coefficient (Wildman–Crippen LogP) is 6.37. The highest BCUT2D eigenvalue weighted by molar-refractivity contribution is 6.04. The van der Waals surface area contributed by atoms with Crippen LogP contribution in [0.4, 0.5) is 0 Å². The van der Waals surface area contributed by atoms with E-state index in [1.54, 1.807) is 24.3 Å². The van der Waals surface area contributed by atoms with E-state index in [4.69, 9.17) is 9.84 Å². The van der Waals surface area contributed by atoms with Crippen molar-refractivity contribution < 1.29 is 9.53 Å². The molecule has 5 rings (SSSR count). The smallest absolute Gasteiger partial charge is 0.344 e. The maximum atomic E-state index is 12.9. The van der Waals surface area contributed by atoms with Crippen LogP contribution in [-0.2, 0) is 4.74 Å². The van der Waals surface area contributed by atoms with E-state index in [-0.39, 0.29) is 18.0 Å². The normalized spacial score (nSPS) is 17.5. The third kappa shape index (κ3) is 4.61. The Morgan fingerprint density at radius 3 is 1.76 bits per heavy atom. The SMILES string of the molecule is O=C(O/C(=N\N1N=NC(c2ccccc2)C1c1ccccc1)c1ccccc1)c1ccccc1. The lowest BCUT2D eigenvalue weighted by Crippen LogP contribution is -2.23. The van der Waals surface area contributed by atoms with Gasteiger partial charge < -0.3 is 4.74 Å². The maximum absolute atomic E-state index is 12.9. The van der Waals surface area contributed by atoms with E-state index in [2.05, 4.69) is 10.3 Å². The molecule has 0 radical (unpaired) electrons. The Morgan fingerprint density at radius 1 is 0.676 bits per heavy atom. The van der Waals surface area contributed by atoms with Crippen LogP contribution in [0.25, 0.3) is 0 Å². The second kappa shape index (κ2) is 9.92. The van der Waals surface area contributed by atoms with Crippen LogP contribution in [0, 0.1) is 0 Å². The third-order valence-corrected chi connectivity index (χ3v) is 5.51. The lowest BCUT2D eigenvalue weighted by molar-refractivity contribution is 0.0709. The quantitative estimate of drug-likeness (QED) is 0.203. The first-order valence-corrected chi connectivity index (χ1v) is 11.0. The van der Waals surface area contributed by atoms with Crippen molar-refractivity contribution in [2.45, 2.75) is 12.1 Å². The highest BCUT2D eigenvalue weighted by Crippen LogP contribution is 2.42. The van der Waals surface area contributed by atoms with Crippen molar-refractivity contribution in [1.82, 2.24) is 5.12 Å². The number of ether oxygens (including phenoxy) is 1. The summed E-state index contributed by atoms with van der Waals surface area (Å²) in [6.45, 7) is 0. The van der Waals surface area contributed by atoms with E-state index in [9.17, 15) is 4.79 Å². The number of hydrogen-bond donors (Lipinski definition) is 0. The summed E-state index contributed by atoms with van der Waals surface area (Å²) in [4.78, 5) is 12.9. The first-order chi connectivity index (χ1) is 16.8. The summed E-state index contributed by atoms with van der Waals surface area (Å²) in [7, 11) is 0. The topological polar surface area (TPSA) is 66.6 Å². The summed E-state index contributed by atoms with van der Waals surface area (Å²) in [5, 5.41) is 15.1. The summed E-state index contributed by atoms with van der Waals surface area (Å²) in [6.07, 6.45) is 0. The molecule has 2 atom stereocenters. The van der Waals surface area contributed by atoms with Gasteiger partial charge in [-0.15, -0.1) is 5.10 Å². The van der Waals surface area contributed by atoms with Crippen LogP contribution in [0.15, 0.2) is 137 Å². The molecule has 1 aliphatic heterocycles. The Hall–Kier alpha value is -4.58. The molecule has 0 saturated heterocycles. The Balaban J connectivity index is 1.54. The van der Waals surface area contributed by atoms with Crippen LogP contribution in [0.5, 0.6) is 0 Å². The number of carbonyl (C=O) groups excluding carboxylic acids is 1. The van der Waals surface area contributed by atoms with Crippen molar-refractivity contribution in [3.8, 4) is 0 Å². The molecule has 2 unspecified atom stereocenters. The highest BCUT2D eigenvalue weighted by Gasteiger charge is 2.36. The molecule has 0 spiro atoms. The molecule has 4 aromatic rings. The van der Waals surface area contributed by atoms with Gasteiger partial charge in [-0.3, -0.25) is 0 Å². The third-order valence-electron chi connectivity index (χ3n) is 5.51. The lowest BCUT2D eigenvalue weighted by atomic mass is 9.95. The van der Waals surface area contributed by atoms with Gasteiger partial charge in [0, 0.05) is 5.56 Å². The zero-order valence-electron chi connectivity index (χ0n) is 18.3. The van der Waals surface area contributed by atoms with Gasteiger partial charge in [-0.25, -0.2) is 4.79 Å². The van der Waals surface area contributed by atoms with Crippen molar-refractivity contribution in [2.24, 2.45) is 15.4 Å². The Kier molecular flexibility index (Phi) is 6.21. The molecule has 6 nitrogen and oxygen atoms in total. The fraction of sp³-hybridized carbons (Fsp3) is 0.0714. The van der Waals surface area contributed by atoms with E-state index in [0.29, 0.717) is 11.1 Å². The molecule has 6 heteroatoms. The number of hydrazone groups is 1. The second-order valence-corrected chi connectivity index (χ2v) is 7.76. The Bertz CT molecular complexity index is 1290. The van der Waals surface area contributed by atoms with Gasteiger partial charge in [0.2, 0.25) is 5.90 Å². The number of nitrogens with zero attached hydrogens (tertiary/aromatic N) is 4. The summed E-state index contributed by atoms with van der Waals surface area (Å²) in [5.74, 6) is -0.335. The zero-order valence-corrected chi connectivity index (χ0v) is 18.3. The van der Waals surface area contributed by atoms with Crippen molar-refractivity contribution in [1.29, 1.82) is 0 Å². The van der Waals surface area contributed by atoms with E-state index in [0.717, 1.165) is 11.1 Å². The van der Waals surface area contributed by atoms with Crippen LogP contribution in [0.3, 0.4) is 0 Å². The molecule has 34 heavy (non-hydrogen) atoms. The summed E-state index contributed by atoms with van der Waals surface area (Å²) in [6, 6.07) is 37.6. The van der Waals surface area contributed by atoms with Crippen molar-refractivity contribution in [3.05, 3.63) is 144 Å². The van der Waals surface area contributed by atoms with Crippen molar-refractivity contribution in [2.75, 3.05) is 0 Å². The van der Waals surface area contributed by atoms with Crippen molar-refractivity contribution >= 4 is 11.9 Å². The Labute approximate surface area is 197 Å². The van der Waals surface area contributed by atoms with E-state index < -0.39 is 5.97 Å². The summed E-state index contributed by atoms with van der Waals surface area (Å²) in [5.41, 5.74) is 3.14. The van der Waals surface area contributed by atoms with Gasteiger partial charge in [0.15, 0.2) is 0 Å². The summed E-state index contributed by atoms with van der Waals surface area (Å²) >= 11 is 0. The number of benzene rings is 4. The molecule has 0 aromatic heterocycles. The number of rotatable bonds is 5. The minimum absolute atomic E-state index is 0.156. The molecule has 1 heterocycles. The molecule has 0 bridgehead atoms. The monoisotopic (exact) mass is 446 g/mol. The van der Waals surface area contributed by atoms with E-state index in [1.807, 2.05) is 97.1 Å². The molecule has 0 amide bonds. The van der Waals surface area contributed by atoms with Gasteiger partial charge in [-0.05, 0) is 35.4 Å². The zero-order chi connectivity index (χ0) is 23.2.